The van der Waals surface area contributed by atoms with Gasteiger partial charge in [0.15, 0.2) is 6.10 Å². The number of phosphoric ester groups is 1. The Morgan fingerprint density at radius 1 is 1.38 bits per heavy atom. The molecule has 0 aliphatic carbocycles. The smallest absolute Gasteiger partial charge is 0.388 e. The molecule has 0 aromatic rings. The first-order valence-electron chi connectivity index (χ1n) is 3.93. The van der Waals surface area contributed by atoms with E-state index in [2.05, 4.69) is 10.4 Å². The summed E-state index contributed by atoms with van der Waals surface area (Å²) >= 11 is 0. The van der Waals surface area contributed by atoms with E-state index < -0.39 is 38.6 Å². The summed E-state index contributed by atoms with van der Waals surface area (Å²) in [5.74, 6) is 3.48. The Balaban J connectivity index is 4.23. The van der Waals surface area contributed by atoms with Gasteiger partial charge in [0.2, 0.25) is 0 Å². The number of aliphatic hydroxyl groups excluding tert-OH is 3. The van der Waals surface area contributed by atoms with E-state index in [1.807, 2.05) is 0 Å². The van der Waals surface area contributed by atoms with Crippen LogP contribution < -0.4 is 11.3 Å². The second kappa shape index (κ2) is 6.23. The maximum atomic E-state index is 10.7. The number of carbonyl (C=O) groups is 1. The lowest BCUT2D eigenvalue weighted by molar-refractivity contribution is -0.142. The van der Waals surface area contributed by atoms with Crippen LogP contribution in [0.3, 0.4) is 0 Å². The Morgan fingerprint density at radius 3 is 2.25 bits per heavy atom. The predicted octanol–water partition coefficient (Wildman–Crippen LogP) is -3.83. The van der Waals surface area contributed by atoms with E-state index in [0.717, 1.165) is 0 Å². The Kier molecular flexibility index (Phi) is 6.00. The van der Waals surface area contributed by atoms with E-state index in [4.69, 9.17) is 25.1 Å². The van der Waals surface area contributed by atoms with Crippen molar-refractivity contribution >= 4 is 13.7 Å². The molecule has 0 aromatic carbocycles. The Morgan fingerprint density at radius 2 is 1.88 bits per heavy atom. The number of carbonyl (C=O) groups excluding carboxylic acids is 1. The number of hydrogen-bond donors (Lipinski definition) is 7. The van der Waals surface area contributed by atoms with Crippen molar-refractivity contribution in [3.05, 3.63) is 0 Å². The maximum absolute atomic E-state index is 10.7. The number of nitrogens with one attached hydrogen (secondary N) is 1. The molecule has 0 radical (unpaired) electrons. The first kappa shape index (κ1) is 15.4. The highest BCUT2D eigenvalue weighted by atomic mass is 31.2. The van der Waals surface area contributed by atoms with Crippen LogP contribution >= 0.6 is 7.82 Å². The highest BCUT2D eigenvalue weighted by molar-refractivity contribution is 7.46. The van der Waals surface area contributed by atoms with Crippen LogP contribution in [0, 0.1) is 0 Å². The molecule has 0 saturated carbocycles. The summed E-state index contributed by atoms with van der Waals surface area (Å²) in [7, 11) is -4.80. The van der Waals surface area contributed by atoms with E-state index in [9.17, 15) is 9.36 Å². The average molecular weight is 260 g/mol. The largest absolute Gasteiger partial charge is 0.469 e. The van der Waals surface area contributed by atoms with Crippen LogP contribution in [0.5, 0.6) is 0 Å². The monoisotopic (exact) mass is 260 g/mol. The van der Waals surface area contributed by atoms with Crippen LogP contribution in [0.4, 0.5) is 0 Å². The number of phosphoric acid groups is 1. The Bertz CT molecular complexity index is 280. The molecule has 0 rings (SSSR count). The highest BCUT2D eigenvalue weighted by Gasteiger charge is 2.31. The molecule has 0 spiro atoms. The van der Waals surface area contributed by atoms with Crippen LogP contribution in [-0.4, -0.2) is 55.9 Å². The number of rotatable bonds is 6. The minimum Gasteiger partial charge on any atom is -0.388 e. The molecule has 1 amide bonds. The lowest BCUT2D eigenvalue weighted by Gasteiger charge is -2.21. The third kappa shape index (κ3) is 5.49. The van der Waals surface area contributed by atoms with Gasteiger partial charge in [0.1, 0.15) is 12.2 Å². The van der Waals surface area contributed by atoms with Crippen molar-refractivity contribution < 1.29 is 39.0 Å². The number of aliphatic hydroxyl groups is 3. The standard InChI is InChI=1S/C5H13N2O8P/c6-7-5(11)4(10)3(9)2(8)1-15-16(12,13)14/h2-4,8-10H,1,6H2,(H,7,11)(H2,12,13,14)/t2-,3-,4-/m1/s1. The lowest BCUT2D eigenvalue weighted by Crippen LogP contribution is -2.50. The van der Waals surface area contributed by atoms with Crippen LogP contribution in [0.1, 0.15) is 0 Å². The molecule has 16 heavy (non-hydrogen) atoms. The van der Waals surface area contributed by atoms with Gasteiger partial charge in [-0.25, -0.2) is 10.4 Å². The molecule has 0 fully saturated rings. The van der Waals surface area contributed by atoms with Crippen LogP contribution in [0.2, 0.25) is 0 Å². The second-order valence-corrected chi connectivity index (χ2v) is 4.04. The van der Waals surface area contributed by atoms with Gasteiger partial charge in [-0.15, -0.1) is 0 Å². The molecular weight excluding hydrogens is 247 g/mol. The van der Waals surface area contributed by atoms with Crippen molar-refractivity contribution in [1.29, 1.82) is 0 Å². The second-order valence-electron chi connectivity index (χ2n) is 2.80. The van der Waals surface area contributed by atoms with Crippen molar-refractivity contribution in [3.8, 4) is 0 Å². The summed E-state index contributed by atoms with van der Waals surface area (Å²) in [5.41, 5.74) is 1.52. The topological polar surface area (TPSA) is 183 Å². The fraction of sp³-hybridized carbons (Fsp3) is 0.800. The summed E-state index contributed by atoms with van der Waals surface area (Å²) in [4.78, 5) is 27.3. The van der Waals surface area contributed by atoms with Gasteiger partial charge in [-0.3, -0.25) is 14.7 Å². The molecule has 0 heterocycles. The van der Waals surface area contributed by atoms with E-state index in [1.165, 1.54) is 5.43 Å². The van der Waals surface area contributed by atoms with Gasteiger partial charge < -0.3 is 25.1 Å². The molecule has 0 bridgehead atoms. The molecule has 0 aliphatic heterocycles. The zero-order valence-electron chi connectivity index (χ0n) is 7.92. The Hall–Kier alpha value is -0.580. The van der Waals surface area contributed by atoms with Crippen molar-refractivity contribution in [1.82, 2.24) is 5.43 Å². The van der Waals surface area contributed by atoms with Crippen LogP contribution in [0.25, 0.3) is 0 Å². The predicted molar refractivity (Wildman–Crippen MR) is 48.3 cm³/mol. The molecule has 11 heteroatoms. The average Bonchev–Trinajstić information content (AvgIpc) is 2.21. The van der Waals surface area contributed by atoms with Crippen molar-refractivity contribution in [2.45, 2.75) is 18.3 Å². The summed E-state index contributed by atoms with van der Waals surface area (Å²) in [6.45, 7) is -0.958. The molecule has 0 saturated heterocycles. The minimum atomic E-state index is -4.80. The summed E-state index contributed by atoms with van der Waals surface area (Å²) in [5, 5.41) is 27.3. The minimum absolute atomic E-state index is 0.958. The van der Waals surface area contributed by atoms with Crippen molar-refractivity contribution in [3.63, 3.8) is 0 Å². The van der Waals surface area contributed by atoms with Gasteiger partial charge in [-0.1, -0.05) is 0 Å². The molecule has 3 atom stereocenters. The Labute approximate surface area is 89.9 Å². The van der Waals surface area contributed by atoms with Gasteiger partial charge in [0.05, 0.1) is 6.61 Å². The van der Waals surface area contributed by atoms with Gasteiger partial charge in [-0.2, -0.15) is 0 Å². The lowest BCUT2D eigenvalue weighted by atomic mass is 10.1. The normalized spacial score (nSPS) is 17.6. The highest BCUT2D eigenvalue weighted by Crippen LogP contribution is 2.35. The molecule has 0 aromatic heterocycles. The van der Waals surface area contributed by atoms with Crippen molar-refractivity contribution in [2.24, 2.45) is 5.84 Å². The van der Waals surface area contributed by atoms with E-state index in [1.54, 1.807) is 0 Å². The first-order chi connectivity index (χ1) is 7.19. The van der Waals surface area contributed by atoms with E-state index in [-0.39, 0.29) is 0 Å². The van der Waals surface area contributed by atoms with Crippen molar-refractivity contribution in [2.75, 3.05) is 6.61 Å². The number of hydrazine groups is 1. The third-order valence-corrected chi connectivity index (χ3v) is 2.03. The number of amides is 1. The van der Waals surface area contributed by atoms with Gasteiger partial charge in [0.25, 0.3) is 5.91 Å². The zero-order valence-corrected chi connectivity index (χ0v) is 8.82. The number of nitrogens with two attached hydrogens (primary N) is 1. The van der Waals surface area contributed by atoms with Crippen LogP contribution in [-0.2, 0) is 13.9 Å². The molecule has 96 valence electrons. The molecule has 0 aliphatic rings. The van der Waals surface area contributed by atoms with Gasteiger partial charge in [-0.05, 0) is 0 Å². The third-order valence-electron chi connectivity index (χ3n) is 1.54. The maximum Gasteiger partial charge on any atom is 0.469 e. The molecular formula is C5H13N2O8P. The molecule has 10 nitrogen and oxygen atoms in total. The van der Waals surface area contributed by atoms with Crippen LogP contribution in [0.15, 0.2) is 0 Å². The SMILES string of the molecule is NNC(=O)[C@H](O)[C@H](O)[C@H](O)COP(=O)(O)O. The van der Waals surface area contributed by atoms with E-state index in [0.29, 0.717) is 0 Å². The molecule has 8 N–H and O–H groups in total. The quantitative estimate of drug-likeness (QED) is 0.109. The number of hydrogen-bond acceptors (Lipinski definition) is 7. The fourth-order valence-electron chi connectivity index (χ4n) is 0.723. The fourth-order valence-corrected chi connectivity index (χ4v) is 1.07. The zero-order chi connectivity index (χ0) is 12.9. The first-order valence-corrected chi connectivity index (χ1v) is 5.47. The summed E-state index contributed by atoms with van der Waals surface area (Å²) in [6, 6.07) is 0. The van der Waals surface area contributed by atoms with E-state index >= 15 is 0 Å². The van der Waals surface area contributed by atoms with Gasteiger partial charge in [0, 0.05) is 0 Å². The summed E-state index contributed by atoms with van der Waals surface area (Å²) < 4.78 is 14.1. The molecule has 0 unspecified atom stereocenters. The summed E-state index contributed by atoms with van der Waals surface area (Å²) in [6.07, 6.45) is -5.89. The van der Waals surface area contributed by atoms with Gasteiger partial charge >= 0.3 is 7.82 Å².